The Morgan fingerprint density at radius 2 is 0.647 bits per heavy atom. The van der Waals surface area contributed by atoms with Gasteiger partial charge < -0.3 is 14.2 Å². The standard InChI is InChI=1S/C45H86O6/c1-6-7-8-9-10-13-20-25-30-35-43(46)49-38-42(51-45(48)37-32-27-22-17-16-19-24-29-34-41(4)5)39-50-44(47)36-31-26-21-15-12-11-14-18-23-28-33-40(2)3/h40-42H,6-39H2,1-5H3/t42-/m1/s1. The maximum atomic E-state index is 12.7. The first kappa shape index (κ1) is 49.4. The summed E-state index contributed by atoms with van der Waals surface area (Å²) in [6.07, 6.45) is 35.2. The van der Waals surface area contributed by atoms with Crippen molar-refractivity contribution in [2.75, 3.05) is 13.2 Å². The second kappa shape index (κ2) is 38.1. The van der Waals surface area contributed by atoms with Gasteiger partial charge in [0, 0.05) is 19.3 Å². The van der Waals surface area contributed by atoms with Crippen molar-refractivity contribution < 1.29 is 28.6 Å². The zero-order valence-electron chi connectivity index (χ0n) is 34.7. The molecule has 0 saturated carbocycles. The third kappa shape index (κ3) is 39.5. The molecule has 0 aliphatic rings. The molecule has 0 saturated heterocycles. The fourth-order valence-corrected chi connectivity index (χ4v) is 6.58. The van der Waals surface area contributed by atoms with Gasteiger partial charge in [0.15, 0.2) is 6.10 Å². The molecule has 0 unspecified atom stereocenters. The van der Waals surface area contributed by atoms with Crippen LogP contribution in [0, 0.1) is 11.8 Å². The zero-order chi connectivity index (χ0) is 37.6. The molecule has 0 fully saturated rings. The third-order valence-corrected chi connectivity index (χ3v) is 9.97. The van der Waals surface area contributed by atoms with E-state index in [-0.39, 0.29) is 31.1 Å². The second-order valence-corrected chi connectivity index (χ2v) is 16.3. The average molecular weight is 723 g/mol. The molecule has 0 bridgehead atoms. The van der Waals surface area contributed by atoms with Crippen molar-refractivity contribution in [3.05, 3.63) is 0 Å². The van der Waals surface area contributed by atoms with Crippen LogP contribution in [0.2, 0.25) is 0 Å². The Morgan fingerprint density at radius 1 is 0.373 bits per heavy atom. The first-order valence-electron chi connectivity index (χ1n) is 22.2. The molecule has 0 radical (unpaired) electrons. The summed E-state index contributed by atoms with van der Waals surface area (Å²) in [6, 6.07) is 0. The highest BCUT2D eigenvalue weighted by Crippen LogP contribution is 2.16. The second-order valence-electron chi connectivity index (χ2n) is 16.3. The number of unbranched alkanes of at least 4 members (excludes halogenated alkanes) is 24. The van der Waals surface area contributed by atoms with Crippen molar-refractivity contribution in [1.29, 1.82) is 0 Å². The minimum Gasteiger partial charge on any atom is -0.462 e. The Hall–Kier alpha value is -1.59. The van der Waals surface area contributed by atoms with E-state index in [4.69, 9.17) is 14.2 Å². The minimum absolute atomic E-state index is 0.0656. The molecule has 6 nitrogen and oxygen atoms in total. The topological polar surface area (TPSA) is 78.9 Å². The van der Waals surface area contributed by atoms with Crippen LogP contribution in [-0.4, -0.2) is 37.2 Å². The lowest BCUT2D eigenvalue weighted by Crippen LogP contribution is -2.30. The number of hydrogen-bond acceptors (Lipinski definition) is 6. The minimum atomic E-state index is -0.760. The summed E-state index contributed by atoms with van der Waals surface area (Å²) in [4.78, 5) is 37.6. The van der Waals surface area contributed by atoms with Crippen LogP contribution < -0.4 is 0 Å². The predicted molar refractivity (Wildman–Crippen MR) is 215 cm³/mol. The van der Waals surface area contributed by atoms with E-state index < -0.39 is 6.10 Å². The normalized spacial score (nSPS) is 12.1. The van der Waals surface area contributed by atoms with E-state index in [1.165, 1.54) is 128 Å². The van der Waals surface area contributed by atoms with Gasteiger partial charge in [-0.3, -0.25) is 14.4 Å². The lowest BCUT2D eigenvalue weighted by molar-refractivity contribution is -0.167. The van der Waals surface area contributed by atoms with Crippen LogP contribution in [0.4, 0.5) is 0 Å². The smallest absolute Gasteiger partial charge is 0.306 e. The van der Waals surface area contributed by atoms with E-state index in [9.17, 15) is 14.4 Å². The molecule has 0 rings (SSSR count). The molecule has 0 spiro atoms. The number of carbonyl (C=O) groups excluding carboxylic acids is 3. The van der Waals surface area contributed by atoms with Crippen LogP contribution in [0.3, 0.4) is 0 Å². The van der Waals surface area contributed by atoms with Crippen molar-refractivity contribution in [1.82, 2.24) is 0 Å². The van der Waals surface area contributed by atoms with E-state index in [2.05, 4.69) is 34.6 Å². The Labute approximate surface area is 317 Å². The molecule has 0 heterocycles. The molecule has 0 aliphatic carbocycles. The van der Waals surface area contributed by atoms with Gasteiger partial charge in [-0.25, -0.2) is 0 Å². The van der Waals surface area contributed by atoms with Crippen molar-refractivity contribution >= 4 is 17.9 Å². The van der Waals surface area contributed by atoms with Gasteiger partial charge in [0.25, 0.3) is 0 Å². The molecular formula is C45H86O6. The molecule has 0 aromatic heterocycles. The molecule has 0 amide bonds. The van der Waals surface area contributed by atoms with Crippen molar-refractivity contribution in [3.8, 4) is 0 Å². The highest BCUT2D eigenvalue weighted by atomic mass is 16.6. The monoisotopic (exact) mass is 723 g/mol. The fourth-order valence-electron chi connectivity index (χ4n) is 6.58. The van der Waals surface area contributed by atoms with E-state index in [0.29, 0.717) is 19.3 Å². The van der Waals surface area contributed by atoms with Gasteiger partial charge in [-0.15, -0.1) is 0 Å². The average Bonchev–Trinajstić information content (AvgIpc) is 3.09. The van der Waals surface area contributed by atoms with Gasteiger partial charge >= 0.3 is 17.9 Å². The van der Waals surface area contributed by atoms with Crippen LogP contribution >= 0.6 is 0 Å². The summed E-state index contributed by atoms with van der Waals surface area (Å²) >= 11 is 0. The Balaban J connectivity index is 4.32. The van der Waals surface area contributed by atoms with Crippen LogP contribution in [0.5, 0.6) is 0 Å². The number of hydrogen-bond donors (Lipinski definition) is 0. The maximum absolute atomic E-state index is 12.7. The summed E-state index contributed by atoms with van der Waals surface area (Å²) in [5.41, 5.74) is 0. The summed E-state index contributed by atoms with van der Waals surface area (Å²) in [7, 11) is 0. The van der Waals surface area contributed by atoms with E-state index in [1.54, 1.807) is 0 Å². The van der Waals surface area contributed by atoms with E-state index in [1.807, 2.05) is 0 Å². The highest BCUT2D eigenvalue weighted by molar-refractivity contribution is 5.71. The number of esters is 3. The van der Waals surface area contributed by atoms with Crippen molar-refractivity contribution in [2.24, 2.45) is 11.8 Å². The number of carbonyl (C=O) groups is 3. The van der Waals surface area contributed by atoms with Crippen molar-refractivity contribution in [2.45, 2.75) is 246 Å². The zero-order valence-corrected chi connectivity index (χ0v) is 34.7. The quantitative estimate of drug-likeness (QED) is 0.0357. The van der Waals surface area contributed by atoms with Crippen LogP contribution in [0.1, 0.15) is 240 Å². The highest BCUT2D eigenvalue weighted by Gasteiger charge is 2.19. The molecule has 0 aromatic rings. The Bertz CT molecular complexity index is 779. The summed E-state index contributed by atoms with van der Waals surface area (Å²) in [6.45, 7) is 11.3. The Kier molecular flexibility index (Phi) is 37.0. The molecule has 51 heavy (non-hydrogen) atoms. The SMILES string of the molecule is CCCCCCCCCCCC(=O)OC[C@H](COC(=O)CCCCCCCCCCCCC(C)C)OC(=O)CCCCCCCCCCC(C)C. The largest absolute Gasteiger partial charge is 0.462 e. The first-order chi connectivity index (χ1) is 24.7. The predicted octanol–water partition coefficient (Wildman–Crippen LogP) is 13.8. The molecule has 1 atom stereocenters. The molecule has 0 N–H and O–H groups in total. The van der Waals surface area contributed by atoms with E-state index >= 15 is 0 Å². The van der Waals surface area contributed by atoms with Crippen LogP contribution in [0.25, 0.3) is 0 Å². The van der Waals surface area contributed by atoms with Gasteiger partial charge in [0.2, 0.25) is 0 Å². The maximum Gasteiger partial charge on any atom is 0.306 e. The molecule has 0 aliphatic heterocycles. The fraction of sp³-hybridized carbons (Fsp3) is 0.933. The van der Waals surface area contributed by atoms with Gasteiger partial charge in [-0.1, -0.05) is 202 Å². The molecule has 6 heteroatoms. The number of ether oxygens (including phenoxy) is 3. The third-order valence-electron chi connectivity index (χ3n) is 9.97. The van der Waals surface area contributed by atoms with E-state index in [0.717, 1.165) is 69.6 Å². The van der Waals surface area contributed by atoms with Crippen LogP contribution in [0.15, 0.2) is 0 Å². The summed E-state index contributed by atoms with van der Waals surface area (Å²) in [5.74, 6) is 0.749. The van der Waals surface area contributed by atoms with Gasteiger partial charge in [0.05, 0.1) is 0 Å². The summed E-state index contributed by atoms with van der Waals surface area (Å²) in [5, 5.41) is 0. The number of rotatable bonds is 39. The van der Waals surface area contributed by atoms with Gasteiger partial charge in [-0.2, -0.15) is 0 Å². The van der Waals surface area contributed by atoms with Gasteiger partial charge in [-0.05, 0) is 31.1 Å². The molecule has 0 aromatic carbocycles. The summed E-state index contributed by atoms with van der Waals surface area (Å²) < 4.78 is 16.7. The molecular weight excluding hydrogens is 636 g/mol. The van der Waals surface area contributed by atoms with Gasteiger partial charge in [0.1, 0.15) is 13.2 Å². The van der Waals surface area contributed by atoms with Crippen molar-refractivity contribution in [3.63, 3.8) is 0 Å². The Morgan fingerprint density at radius 3 is 0.961 bits per heavy atom. The lowest BCUT2D eigenvalue weighted by Gasteiger charge is -2.18. The van der Waals surface area contributed by atoms with Crippen LogP contribution in [-0.2, 0) is 28.6 Å². The lowest BCUT2D eigenvalue weighted by atomic mass is 10.0. The first-order valence-corrected chi connectivity index (χ1v) is 22.2. The molecule has 302 valence electrons.